The molecule has 2 atom stereocenters. The van der Waals surface area contributed by atoms with Crippen molar-refractivity contribution in [3.05, 3.63) is 64.6 Å². The van der Waals surface area contributed by atoms with Crippen LogP contribution in [-0.4, -0.2) is 40.8 Å². The molecule has 1 aliphatic heterocycles. The van der Waals surface area contributed by atoms with Crippen LogP contribution in [0.2, 0.25) is 5.15 Å². The van der Waals surface area contributed by atoms with Gasteiger partial charge in [0.15, 0.2) is 0 Å². The van der Waals surface area contributed by atoms with Crippen molar-refractivity contribution in [1.82, 2.24) is 20.2 Å². The van der Waals surface area contributed by atoms with Gasteiger partial charge >= 0.3 is 0 Å². The second-order valence-electron chi connectivity index (χ2n) is 7.00. The van der Waals surface area contributed by atoms with Crippen LogP contribution in [0.5, 0.6) is 0 Å². The molecule has 1 aliphatic rings. The molecule has 1 amide bonds. The summed E-state index contributed by atoms with van der Waals surface area (Å²) in [5.74, 6) is -2.02. The topological polar surface area (TPSA) is 59.0 Å². The predicted octanol–water partition coefficient (Wildman–Crippen LogP) is 3.45. The van der Waals surface area contributed by atoms with Crippen molar-refractivity contribution < 1.29 is 18.0 Å². The van der Waals surface area contributed by atoms with Crippen LogP contribution in [0.1, 0.15) is 22.3 Å². The highest BCUT2D eigenvalue weighted by atomic mass is 35.5. The fraction of sp³-hybridized carbons (Fsp3) is 0.300. The van der Waals surface area contributed by atoms with E-state index in [1.807, 2.05) is 0 Å². The minimum absolute atomic E-state index is 0.0369. The van der Waals surface area contributed by atoms with Gasteiger partial charge in [-0.3, -0.25) is 4.79 Å². The second kappa shape index (κ2) is 8.04. The van der Waals surface area contributed by atoms with Crippen LogP contribution in [0.3, 0.4) is 0 Å². The smallest absolute Gasteiger partial charge is 0.253 e. The highest BCUT2D eigenvalue weighted by Crippen LogP contribution is 2.28. The second-order valence-corrected chi connectivity index (χ2v) is 7.39. The van der Waals surface area contributed by atoms with Gasteiger partial charge in [0, 0.05) is 25.5 Å². The van der Waals surface area contributed by atoms with Crippen LogP contribution in [-0.2, 0) is 6.54 Å². The molecule has 2 N–H and O–H groups in total. The normalized spacial score (nSPS) is 19.4. The van der Waals surface area contributed by atoms with Crippen molar-refractivity contribution >= 4 is 28.4 Å². The predicted molar refractivity (Wildman–Crippen MR) is 104 cm³/mol. The van der Waals surface area contributed by atoms with Crippen LogP contribution in [0.25, 0.3) is 10.9 Å². The number of hydrogen-bond donors (Lipinski definition) is 2. The third kappa shape index (κ3) is 3.95. The number of rotatable bonds is 4. The molecule has 29 heavy (non-hydrogen) atoms. The van der Waals surface area contributed by atoms with E-state index in [9.17, 15) is 18.0 Å². The van der Waals surface area contributed by atoms with E-state index < -0.39 is 29.8 Å². The molecule has 2 unspecified atom stereocenters. The zero-order valence-corrected chi connectivity index (χ0v) is 16.0. The summed E-state index contributed by atoms with van der Waals surface area (Å²) >= 11 is 5.90. The summed E-state index contributed by atoms with van der Waals surface area (Å²) in [5, 5.41) is 5.66. The van der Waals surface area contributed by atoms with Gasteiger partial charge in [0.2, 0.25) is 0 Å². The van der Waals surface area contributed by atoms with E-state index in [1.165, 1.54) is 17.0 Å². The third-order valence-electron chi connectivity index (χ3n) is 5.03. The number of nitrogens with zero attached hydrogens (tertiary/aromatic N) is 2. The Labute approximate surface area is 169 Å². The average molecular weight is 423 g/mol. The molecule has 0 bridgehead atoms. The molecule has 0 saturated carbocycles. The molecule has 3 aromatic rings. The fourth-order valence-electron chi connectivity index (χ4n) is 3.63. The lowest BCUT2D eigenvalue weighted by Crippen LogP contribution is -2.50. The van der Waals surface area contributed by atoms with Crippen LogP contribution in [0.15, 0.2) is 36.7 Å². The monoisotopic (exact) mass is 422 g/mol. The van der Waals surface area contributed by atoms with E-state index in [0.717, 1.165) is 12.1 Å². The largest absolute Gasteiger partial charge is 0.346 e. The van der Waals surface area contributed by atoms with Crippen molar-refractivity contribution in [2.45, 2.75) is 25.2 Å². The summed E-state index contributed by atoms with van der Waals surface area (Å²) in [6, 6.07) is 4.60. The maximum Gasteiger partial charge on any atom is 0.253 e. The number of piperidine rings is 1. The molecule has 5 nitrogen and oxygen atoms in total. The van der Waals surface area contributed by atoms with Gasteiger partial charge in [-0.25, -0.2) is 18.2 Å². The molecular formula is C20H18ClF3N4O. The van der Waals surface area contributed by atoms with Crippen LogP contribution >= 0.6 is 11.6 Å². The molecule has 0 aliphatic carbocycles. The molecule has 2 aromatic heterocycles. The number of carbonyl (C=O) groups excluding carboxylic acids is 1. The Morgan fingerprint density at radius 2 is 2.10 bits per heavy atom. The van der Waals surface area contributed by atoms with Crippen molar-refractivity contribution in [3.8, 4) is 0 Å². The number of halogens is 4. The van der Waals surface area contributed by atoms with E-state index >= 15 is 0 Å². The number of pyridine rings is 1. The van der Waals surface area contributed by atoms with Gasteiger partial charge in [-0.1, -0.05) is 11.6 Å². The lowest BCUT2D eigenvalue weighted by atomic mass is 10.0. The van der Waals surface area contributed by atoms with Crippen molar-refractivity contribution in [3.63, 3.8) is 0 Å². The number of nitrogens with one attached hydrogen (secondary N) is 2. The number of amides is 1. The lowest BCUT2D eigenvalue weighted by molar-refractivity contribution is 0.0893. The first-order valence-electron chi connectivity index (χ1n) is 9.17. The lowest BCUT2D eigenvalue weighted by Gasteiger charge is -2.27. The molecule has 152 valence electrons. The van der Waals surface area contributed by atoms with Crippen molar-refractivity contribution in [2.75, 3.05) is 13.1 Å². The van der Waals surface area contributed by atoms with Gasteiger partial charge in [-0.2, -0.15) is 0 Å². The fourth-order valence-corrected chi connectivity index (χ4v) is 3.82. The molecule has 1 aromatic carbocycles. The minimum Gasteiger partial charge on any atom is -0.346 e. The Morgan fingerprint density at radius 3 is 2.86 bits per heavy atom. The van der Waals surface area contributed by atoms with Crippen molar-refractivity contribution in [1.29, 1.82) is 0 Å². The standard InChI is InChI=1S/C20H18ClF3N4O/c21-17-7-11(3-6-26-17)9-28-10-12(18-13(22)1-2-14(23)19(18)28)20(29)27-16-4-5-25-8-15(16)24/h1-3,6-7,10,15-16,25H,4-5,8-9H2,(H,27,29). The Balaban J connectivity index is 1.74. The summed E-state index contributed by atoms with van der Waals surface area (Å²) in [6.07, 6.45) is 2.06. The summed E-state index contributed by atoms with van der Waals surface area (Å²) < 4.78 is 44.7. The van der Waals surface area contributed by atoms with Crippen LogP contribution in [0.4, 0.5) is 13.2 Å². The summed E-state index contributed by atoms with van der Waals surface area (Å²) in [4.78, 5) is 16.7. The Kier molecular flexibility index (Phi) is 5.47. The first-order valence-corrected chi connectivity index (χ1v) is 9.54. The maximum absolute atomic E-state index is 14.6. The first-order chi connectivity index (χ1) is 13.9. The molecule has 9 heteroatoms. The number of carbonyl (C=O) groups is 1. The molecule has 1 fully saturated rings. The van der Waals surface area contributed by atoms with Crippen LogP contribution in [0, 0.1) is 11.6 Å². The van der Waals surface area contributed by atoms with Crippen LogP contribution < -0.4 is 10.6 Å². The molecule has 0 radical (unpaired) electrons. The summed E-state index contributed by atoms with van der Waals surface area (Å²) in [6.45, 7) is 0.864. The quantitative estimate of drug-likeness (QED) is 0.633. The summed E-state index contributed by atoms with van der Waals surface area (Å²) in [7, 11) is 0. The van der Waals surface area contributed by atoms with Gasteiger partial charge < -0.3 is 15.2 Å². The third-order valence-corrected chi connectivity index (χ3v) is 5.24. The molecule has 0 spiro atoms. The minimum atomic E-state index is -1.25. The SMILES string of the molecule is O=C(NC1CCNCC1F)c1cn(Cc2ccnc(Cl)c2)c2c(F)ccc(F)c12. The Bertz CT molecular complexity index is 1070. The number of aromatic nitrogens is 2. The first kappa shape index (κ1) is 19.7. The number of fused-ring (bicyclic) bond motifs is 1. The zero-order chi connectivity index (χ0) is 20.5. The zero-order valence-electron chi connectivity index (χ0n) is 15.3. The van der Waals surface area contributed by atoms with Gasteiger partial charge in [-0.15, -0.1) is 0 Å². The molecule has 4 rings (SSSR count). The van der Waals surface area contributed by atoms with E-state index in [1.54, 1.807) is 12.1 Å². The van der Waals surface area contributed by atoms with Crippen molar-refractivity contribution in [2.24, 2.45) is 0 Å². The van der Waals surface area contributed by atoms with E-state index in [0.29, 0.717) is 18.5 Å². The maximum atomic E-state index is 14.6. The Hall–Kier alpha value is -2.58. The average Bonchev–Trinajstić information content (AvgIpc) is 3.07. The van der Waals surface area contributed by atoms with E-state index in [-0.39, 0.29) is 34.7 Å². The van der Waals surface area contributed by atoms with E-state index in [2.05, 4.69) is 15.6 Å². The highest BCUT2D eigenvalue weighted by Gasteiger charge is 2.28. The number of benzene rings is 1. The number of hydrogen-bond acceptors (Lipinski definition) is 3. The summed E-state index contributed by atoms with van der Waals surface area (Å²) in [5.41, 5.74) is 0.632. The highest BCUT2D eigenvalue weighted by molar-refractivity contribution is 6.29. The van der Waals surface area contributed by atoms with Gasteiger partial charge in [0.1, 0.15) is 23.0 Å². The van der Waals surface area contributed by atoms with E-state index in [4.69, 9.17) is 11.6 Å². The molecular weight excluding hydrogens is 405 g/mol. The van der Waals surface area contributed by atoms with Gasteiger partial charge in [-0.05, 0) is 42.8 Å². The van der Waals surface area contributed by atoms with Gasteiger partial charge in [0.05, 0.1) is 22.5 Å². The molecule has 1 saturated heterocycles. The molecule has 3 heterocycles. The number of alkyl halides is 1. The van der Waals surface area contributed by atoms with Gasteiger partial charge in [0.25, 0.3) is 5.91 Å². The Morgan fingerprint density at radius 1 is 1.31 bits per heavy atom.